The van der Waals surface area contributed by atoms with E-state index in [9.17, 15) is 10.2 Å². The van der Waals surface area contributed by atoms with Gasteiger partial charge in [-0.2, -0.15) is 0 Å². The monoisotopic (exact) mass is 242 g/mol. The number of benzene rings is 1. The molecule has 2 unspecified atom stereocenters. The van der Waals surface area contributed by atoms with Crippen molar-refractivity contribution < 1.29 is 25.2 Å². The largest absolute Gasteiger partial charge is 0.491 e. The van der Waals surface area contributed by atoms with E-state index in [4.69, 9.17) is 14.9 Å². The van der Waals surface area contributed by atoms with Crippen molar-refractivity contribution in [2.45, 2.75) is 18.6 Å². The molecule has 5 nitrogen and oxygen atoms in total. The SMILES string of the molecule is OCCOc1ccc(C(O)C(O)CCO)cc1. The summed E-state index contributed by atoms with van der Waals surface area (Å²) >= 11 is 0. The highest BCUT2D eigenvalue weighted by atomic mass is 16.5. The van der Waals surface area contributed by atoms with E-state index in [0.29, 0.717) is 11.3 Å². The summed E-state index contributed by atoms with van der Waals surface area (Å²) < 4.78 is 5.16. The predicted molar refractivity (Wildman–Crippen MR) is 61.7 cm³/mol. The van der Waals surface area contributed by atoms with E-state index in [1.54, 1.807) is 24.3 Å². The molecule has 1 aromatic carbocycles. The molecule has 0 aliphatic heterocycles. The summed E-state index contributed by atoms with van der Waals surface area (Å²) in [7, 11) is 0. The molecule has 1 rings (SSSR count). The van der Waals surface area contributed by atoms with Crippen LogP contribution < -0.4 is 4.74 Å². The predicted octanol–water partition coefficient (Wildman–Crippen LogP) is -0.166. The van der Waals surface area contributed by atoms with Crippen LogP contribution in [0.3, 0.4) is 0 Å². The van der Waals surface area contributed by atoms with Crippen LogP contribution in [0.25, 0.3) is 0 Å². The Hall–Kier alpha value is -1.14. The van der Waals surface area contributed by atoms with Crippen LogP contribution in [-0.2, 0) is 0 Å². The fraction of sp³-hybridized carbons (Fsp3) is 0.500. The fourth-order valence-electron chi connectivity index (χ4n) is 1.44. The van der Waals surface area contributed by atoms with Crippen LogP contribution in [0.5, 0.6) is 5.75 Å². The summed E-state index contributed by atoms with van der Waals surface area (Å²) in [6, 6.07) is 6.58. The molecule has 0 spiro atoms. The second-order valence-corrected chi connectivity index (χ2v) is 3.67. The Bertz CT molecular complexity index is 311. The lowest BCUT2D eigenvalue weighted by Crippen LogP contribution is -2.19. The molecule has 0 saturated heterocycles. The first-order valence-electron chi connectivity index (χ1n) is 5.49. The first kappa shape index (κ1) is 13.9. The maximum absolute atomic E-state index is 9.75. The Balaban J connectivity index is 2.60. The number of rotatable bonds is 7. The highest BCUT2D eigenvalue weighted by molar-refractivity contribution is 5.28. The number of ether oxygens (including phenoxy) is 1. The van der Waals surface area contributed by atoms with Crippen LogP contribution in [0.4, 0.5) is 0 Å². The van der Waals surface area contributed by atoms with Gasteiger partial charge in [0, 0.05) is 6.61 Å². The second kappa shape index (κ2) is 7.24. The van der Waals surface area contributed by atoms with Crippen molar-refractivity contribution in [2.75, 3.05) is 19.8 Å². The summed E-state index contributed by atoms with van der Waals surface area (Å²) in [5, 5.41) is 36.5. The van der Waals surface area contributed by atoms with E-state index in [0.717, 1.165) is 0 Å². The van der Waals surface area contributed by atoms with Crippen LogP contribution in [0.15, 0.2) is 24.3 Å². The van der Waals surface area contributed by atoms with Crippen molar-refractivity contribution in [3.63, 3.8) is 0 Å². The van der Waals surface area contributed by atoms with Gasteiger partial charge in [0.25, 0.3) is 0 Å². The molecular formula is C12H18O5. The average molecular weight is 242 g/mol. The van der Waals surface area contributed by atoms with Gasteiger partial charge < -0.3 is 25.2 Å². The van der Waals surface area contributed by atoms with E-state index in [1.165, 1.54) is 0 Å². The minimum atomic E-state index is -1.02. The highest BCUT2D eigenvalue weighted by Gasteiger charge is 2.17. The van der Waals surface area contributed by atoms with Gasteiger partial charge in [0.05, 0.1) is 12.7 Å². The van der Waals surface area contributed by atoms with E-state index >= 15 is 0 Å². The van der Waals surface area contributed by atoms with E-state index in [2.05, 4.69) is 0 Å². The highest BCUT2D eigenvalue weighted by Crippen LogP contribution is 2.21. The van der Waals surface area contributed by atoms with Crippen LogP contribution >= 0.6 is 0 Å². The third-order valence-corrected chi connectivity index (χ3v) is 2.37. The molecule has 4 N–H and O–H groups in total. The lowest BCUT2D eigenvalue weighted by atomic mass is 10.0. The lowest BCUT2D eigenvalue weighted by molar-refractivity contribution is 0.00419. The summed E-state index contributed by atoms with van der Waals surface area (Å²) in [5.41, 5.74) is 0.558. The van der Waals surface area contributed by atoms with E-state index < -0.39 is 12.2 Å². The van der Waals surface area contributed by atoms with Crippen molar-refractivity contribution in [1.82, 2.24) is 0 Å². The fourth-order valence-corrected chi connectivity index (χ4v) is 1.44. The van der Waals surface area contributed by atoms with Gasteiger partial charge >= 0.3 is 0 Å². The van der Waals surface area contributed by atoms with Gasteiger partial charge in [0.15, 0.2) is 0 Å². The van der Waals surface area contributed by atoms with Gasteiger partial charge in [-0.15, -0.1) is 0 Å². The molecular weight excluding hydrogens is 224 g/mol. The third kappa shape index (κ3) is 4.32. The molecule has 0 aliphatic carbocycles. The zero-order valence-corrected chi connectivity index (χ0v) is 9.49. The molecule has 0 aliphatic rings. The molecule has 2 atom stereocenters. The van der Waals surface area contributed by atoms with Gasteiger partial charge in [-0.05, 0) is 24.1 Å². The number of aliphatic hydroxyl groups excluding tert-OH is 4. The quantitative estimate of drug-likeness (QED) is 0.533. The zero-order chi connectivity index (χ0) is 12.7. The standard InChI is InChI=1S/C12H18O5/c13-6-5-11(15)12(16)9-1-3-10(4-2-9)17-8-7-14/h1-4,11-16H,5-8H2. The van der Waals surface area contributed by atoms with Crippen molar-refractivity contribution in [3.05, 3.63) is 29.8 Å². The second-order valence-electron chi connectivity index (χ2n) is 3.67. The van der Waals surface area contributed by atoms with Gasteiger partial charge in [0.2, 0.25) is 0 Å². The van der Waals surface area contributed by atoms with Crippen molar-refractivity contribution in [2.24, 2.45) is 0 Å². The number of aliphatic hydroxyl groups is 4. The molecule has 17 heavy (non-hydrogen) atoms. The molecule has 0 fully saturated rings. The van der Waals surface area contributed by atoms with Gasteiger partial charge in [-0.25, -0.2) is 0 Å². The maximum Gasteiger partial charge on any atom is 0.119 e. The van der Waals surface area contributed by atoms with E-state index in [-0.39, 0.29) is 26.2 Å². The molecule has 5 heteroatoms. The summed E-state index contributed by atoms with van der Waals surface area (Å²) in [4.78, 5) is 0. The van der Waals surface area contributed by atoms with Crippen LogP contribution in [0, 0.1) is 0 Å². The third-order valence-electron chi connectivity index (χ3n) is 2.37. The van der Waals surface area contributed by atoms with Crippen molar-refractivity contribution in [1.29, 1.82) is 0 Å². The maximum atomic E-state index is 9.75. The zero-order valence-electron chi connectivity index (χ0n) is 9.49. The van der Waals surface area contributed by atoms with Crippen LogP contribution in [-0.4, -0.2) is 46.4 Å². The van der Waals surface area contributed by atoms with Gasteiger partial charge in [-0.1, -0.05) is 12.1 Å². The van der Waals surface area contributed by atoms with Crippen LogP contribution in [0.1, 0.15) is 18.1 Å². The average Bonchev–Trinajstić information content (AvgIpc) is 2.36. The van der Waals surface area contributed by atoms with Crippen LogP contribution in [0.2, 0.25) is 0 Å². The number of hydrogen-bond donors (Lipinski definition) is 4. The van der Waals surface area contributed by atoms with E-state index in [1.807, 2.05) is 0 Å². The summed E-state index contributed by atoms with van der Waals surface area (Å²) in [6.45, 7) is -0.00938. The Morgan fingerprint density at radius 3 is 2.18 bits per heavy atom. The molecule has 0 saturated carbocycles. The normalized spacial score (nSPS) is 14.4. The summed E-state index contributed by atoms with van der Waals surface area (Å²) in [6.07, 6.45) is -1.87. The topological polar surface area (TPSA) is 90.2 Å². The smallest absolute Gasteiger partial charge is 0.119 e. The Morgan fingerprint density at radius 2 is 1.65 bits per heavy atom. The first-order chi connectivity index (χ1) is 8.19. The molecule has 0 amide bonds. The van der Waals surface area contributed by atoms with Gasteiger partial charge in [0.1, 0.15) is 18.5 Å². The van der Waals surface area contributed by atoms with Gasteiger partial charge in [-0.3, -0.25) is 0 Å². The molecule has 0 bridgehead atoms. The minimum Gasteiger partial charge on any atom is -0.491 e. The Kier molecular flexibility index (Phi) is 5.93. The Labute approximate surface area is 99.9 Å². The molecule has 1 aromatic rings. The lowest BCUT2D eigenvalue weighted by Gasteiger charge is -2.17. The molecule has 0 radical (unpaired) electrons. The first-order valence-corrected chi connectivity index (χ1v) is 5.49. The molecule has 0 aromatic heterocycles. The number of hydrogen-bond acceptors (Lipinski definition) is 5. The summed E-state index contributed by atoms with van der Waals surface area (Å²) in [5.74, 6) is 0.589. The van der Waals surface area contributed by atoms with Crippen molar-refractivity contribution in [3.8, 4) is 5.75 Å². The van der Waals surface area contributed by atoms with Crippen molar-refractivity contribution >= 4 is 0 Å². The molecule has 0 heterocycles. The molecule has 96 valence electrons. The minimum absolute atomic E-state index is 0.0560. The Morgan fingerprint density at radius 1 is 1.00 bits per heavy atom.